The summed E-state index contributed by atoms with van der Waals surface area (Å²) in [6.45, 7) is 3.72. The summed E-state index contributed by atoms with van der Waals surface area (Å²) in [6, 6.07) is 3.35. The number of amides is 1. The van der Waals surface area contributed by atoms with E-state index in [-0.39, 0.29) is 48.6 Å². The van der Waals surface area contributed by atoms with Crippen LogP contribution in [0.3, 0.4) is 0 Å². The van der Waals surface area contributed by atoms with Crippen molar-refractivity contribution in [3.63, 3.8) is 0 Å². The Labute approximate surface area is 162 Å². The zero-order valence-corrected chi connectivity index (χ0v) is 16.2. The number of methoxy groups -OCH3 is 2. The standard InChI is InChI=1S/C19H23N3O6/c1-5-28-16(24)9-22-19-17(10(2)21-22)12(8-15(23)20-19)11-6-13(26-3)18(25)14(7-11)27-4/h6-7,12,25H,5,8-9H2,1-4H3,(H,20,23)/t12-/m1/s1. The van der Waals surface area contributed by atoms with E-state index in [1.165, 1.54) is 18.9 Å². The predicted molar refractivity (Wildman–Crippen MR) is 99.9 cm³/mol. The van der Waals surface area contributed by atoms with Crippen LogP contribution in [0.25, 0.3) is 0 Å². The molecule has 1 aromatic carbocycles. The summed E-state index contributed by atoms with van der Waals surface area (Å²) in [5.41, 5.74) is 2.23. The normalized spacial score (nSPS) is 15.6. The maximum atomic E-state index is 12.4. The van der Waals surface area contributed by atoms with Gasteiger partial charge in [0, 0.05) is 17.9 Å². The van der Waals surface area contributed by atoms with E-state index in [2.05, 4.69) is 10.4 Å². The highest BCUT2D eigenvalue weighted by atomic mass is 16.5. The van der Waals surface area contributed by atoms with Gasteiger partial charge < -0.3 is 24.6 Å². The highest BCUT2D eigenvalue weighted by Gasteiger charge is 2.33. The summed E-state index contributed by atoms with van der Waals surface area (Å²) in [7, 11) is 2.89. The van der Waals surface area contributed by atoms with Crippen molar-refractivity contribution in [2.24, 2.45) is 0 Å². The molecule has 1 amide bonds. The molecule has 0 radical (unpaired) electrons. The summed E-state index contributed by atoms with van der Waals surface area (Å²) < 4.78 is 16.9. The topological polar surface area (TPSA) is 112 Å². The van der Waals surface area contributed by atoms with Crippen LogP contribution in [0.15, 0.2) is 12.1 Å². The second kappa shape index (κ2) is 7.79. The van der Waals surface area contributed by atoms with E-state index in [0.717, 1.165) is 11.1 Å². The van der Waals surface area contributed by atoms with Gasteiger partial charge in [-0.1, -0.05) is 0 Å². The van der Waals surface area contributed by atoms with Gasteiger partial charge in [0.2, 0.25) is 11.7 Å². The first kappa shape index (κ1) is 19.5. The maximum absolute atomic E-state index is 12.4. The second-order valence-electron chi connectivity index (χ2n) is 6.39. The maximum Gasteiger partial charge on any atom is 0.327 e. The zero-order chi connectivity index (χ0) is 20.4. The number of hydrogen-bond donors (Lipinski definition) is 2. The Balaban J connectivity index is 2.08. The minimum absolute atomic E-state index is 0.0980. The van der Waals surface area contributed by atoms with Crippen molar-refractivity contribution in [1.82, 2.24) is 9.78 Å². The van der Waals surface area contributed by atoms with Gasteiger partial charge in [0.25, 0.3) is 0 Å². The second-order valence-corrected chi connectivity index (χ2v) is 6.39. The highest BCUT2D eigenvalue weighted by molar-refractivity contribution is 5.95. The van der Waals surface area contributed by atoms with E-state index in [4.69, 9.17) is 14.2 Å². The van der Waals surface area contributed by atoms with E-state index in [0.29, 0.717) is 11.5 Å². The van der Waals surface area contributed by atoms with Crippen molar-refractivity contribution >= 4 is 17.7 Å². The van der Waals surface area contributed by atoms with Crippen molar-refractivity contribution in [3.8, 4) is 17.2 Å². The van der Waals surface area contributed by atoms with E-state index >= 15 is 0 Å². The third kappa shape index (κ3) is 3.47. The number of hydrogen-bond acceptors (Lipinski definition) is 7. The number of rotatable bonds is 6. The average Bonchev–Trinajstić information content (AvgIpc) is 2.96. The minimum Gasteiger partial charge on any atom is -0.502 e. The molecule has 0 saturated heterocycles. The van der Waals surface area contributed by atoms with Crippen LogP contribution in [0, 0.1) is 6.92 Å². The molecule has 0 saturated carbocycles. The number of carbonyl (C=O) groups excluding carboxylic acids is 2. The lowest BCUT2D eigenvalue weighted by Crippen LogP contribution is -2.26. The van der Waals surface area contributed by atoms with Crippen LogP contribution in [0.4, 0.5) is 5.82 Å². The first-order valence-corrected chi connectivity index (χ1v) is 8.87. The molecule has 3 rings (SSSR count). The van der Waals surface area contributed by atoms with Gasteiger partial charge in [-0.3, -0.25) is 9.59 Å². The number of anilines is 1. The number of aryl methyl sites for hydroxylation is 1. The van der Waals surface area contributed by atoms with Gasteiger partial charge in [-0.2, -0.15) is 5.10 Å². The molecule has 9 nitrogen and oxygen atoms in total. The van der Waals surface area contributed by atoms with Gasteiger partial charge in [0.15, 0.2) is 11.5 Å². The molecule has 9 heteroatoms. The number of aromatic nitrogens is 2. The van der Waals surface area contributed by atoms with Crippen LogP contribution in [0.1, 0.15) is 36.1 Å². The molecule has 0 fully saturated rings. The van der Waals surface area contributed by atoms with Crippen molar-refractivity contribution < 1.29 is 28.9 Å². The fraction of sp³-hybridized carbons (Fsp3) is 0.421. The number of nitrogens with zero attached hydrogens (tertiary/aromatic N) is 2. The summed E-state index contributed by atoms with van der Waals surface area (Å²) in [5.74, 6) is -0.104. The third-order valence-corrected chi connectivity index (χ3v) is 4.66. The molecule has 1 aromatic heterocycles. The summed E-state index contributed by atoms with van der Waals surface area (Å²) >= 11 is 0. The predicted octanol–water partition coefficient (Wildman–Crippen LogP) is 1.95. The number of nitrogens with one attached hydrogen (secondary N) is 1. The molecule has 1 aliphatic heterocycles. The first-order valence-electron chi connectivity index (χ1n) is 8.87. The van der Waals surface area contributed by atoms with Crippen LogP contribution in [0.2, 0.25) is 0 Å². The van der Waals surface area contributed by atoms with Crippen LogP contribution >= 0.6 is 0 Å². The Bertz CT molecular complexity index is 896. The Morgan fingerprint density at radius 2 is 1.96 bits per heavy atom. The van der Waals surface area contributed by atoms with Crippen LogP contribution < -0.4 is 14.8 Å². The Morgan fingerprint density at radius 3 is 2.54 bits per heavy atom. The van der Waals surface area contributed by atoms with Gasteiger partial charge in [-0.15, -0.1) is 0 Å². The van der Waals surface area contributed by atoms with Gasteiger partial charge in [0.1, 0.15) is 12.4 Å². The van der Waals surface area contributed by atoms with Crippen LogP contribution in [-0.2, 0) is 20.9 Å². The molecular weight excluding hydrogens is 366 g/mol. The molecule has 1 atom stereocenters. The quantitative estimate of drug-likeness (QED) is 0.726. The molecule has 150 valence electrons. The first-order chi connectivity index (χ1) is 13.4. The highest BCUT2D eigenvalue weighted by Crippen LogP contribution is 2.44. The summed E-state index contributed by atoms with van der Waals surface area (Å²) in [6.07, 6.45) is 0.190. The summed E-state index contributed by atoms with van der Waals surface area (Å²) in [5, 5.41) is 17.4. The Morgan fingerprint density at radius 1 is 1.32 bits per heavy atom. The number of carbonyl (C=O) groups is 2. The number of esters is 1. The summed E-state index contributed by atoms with van der Waals surface area (Å²) in [4.78, 5) is 24.3. The van der Waals surface area contributed by atoms with Crippen molar-refractivity contribution in [1.29, 1.82) is 0 Å². The Kier molecular flexibility index (Phi) is 5.43. The Hall–Kier alpha value is -3.23. The van der Waals surface area contributed by atoms with Crippen LogP contribution in [-0.4, -0.2) is 47.6 Å². The molecule has 2 N–H and O–H groups in total. The van der Waals surface area contributed by atoms with E-state index in [1.54, 1.807) is 19.1 Å². The van der Waals surface area contributed by atoms with Crippen LogP contribution in [0.5, 0.6) is 17.2 Å². The lowest BCUT2D eigenvalue weighted by atomic mass is 9.85. The fourth-order valence-electron chi connectivity index (χ4n) is 3.46. The number of phenols is 1. The van der Waals surface area contributed by atoms with E-state index in [9.17, 15) is 14.7 Å². The molecule has 2 heterocycles. The van der Waals surface area contributed by atoms with E-state index in [1.807, 2.05) is 6.92 Å². The fourth-order valence-corrected chi connectivity index (χ4v) is 3.46. The molecule has 28 heavy (non-hydrogen) atoms. The zero-order valence-electron chi connectivity index (χ0n) is 16.2. The van der Waals surface area contributed by atoms with Crippen molar-refractivity contribution in [2.45, 2.75) is 32.7 Å². The molecule has 2 aromatic rings. The molecule has 0 unspecified atom stereocenters. The lowest BCUT2D eigenvalue weighted by molar-refractivity contribution is -0.144. The molecule has 0 bridgehead atoms. The monoisotopic (exact) mass is 389 g/mol. The number of aromatic hydroxyl groups is 1. The molecule has 0 spiro atoms. The SMILES string of the molecule is CCOC(=O)Cn1nc(C)c2c1NC(=O)C[C@@H]2c1cc(OC)c(O)c(OC)c1. The lowest BCUT2D eigenvalue weighted by Gasteiger charge is -2.25. The number of ether oxygens (including phenoxy) is 3. The number of benzene rings is 1. The van der Waals surface area contributed by atoms with Crippen molar-refractivity contribution in [2.75, 3.05) is 26.1 Å². The van der Waals surface area contributed by atoms with Crippen molar-refractivity contribution in [3.05, 3.63) is 29.0 Å². The minimum atomic E-state index is -0.433. The van der Waals surface area contributed by atoms with E-state index < -0.39 is 5.97 Å². The number of fused-ring (bicyclic) bond motifs is 1. The third-order valence-electron chi connectivity index (χ3n) is 4.66. The smallest absolute Gasteiger partial charge is 0.327 e. The van der Waals surface area contributed by atoms with Gasteiger partial charge >= 0.3 is 5.97 Å². The molecule has 1 aliphatic rings. The average molecular weight is 389 g/mol. The largest absolute Gasteiger partial charge is 0.502 e. The van der Waals surface area contributed by atoms with Gasteiger partial charge in [-0.05, 0) is 31.5 Å². The molecule has 0 aliphatic carbocycles. The number of phenolic OH excluding ortho intramolecular Hbond substituents is 1. The van der Waals surface area contributed by atoms with Gasteiger partial charge in [0.05, 0.1) is 26.5 Å². The molecular formula is C19H23N3O6. The van der Waals surface area contributed by atoms with Gasteiger partial charge in [-0.25, -0.2) is 4.68 Å².